The third-order valence-corrected chi connectivity index (χ3v) is 9.37. The van der Waals surface area contributed by atoms with Crippen molar-refractivity contribution in [3.8, 4) is 16.5 Å². The summed E-state index contributed by atoms with van der Waals surface area (Å²) >= 11 is 1.30. The van der Waals surface area contributed by atoms with Gasteiger partial charge in [0.15, 0.2) is 5.69 Å². The number of hydrogen-bond acceptors (Lipinski definition) is 8. The third-order valence-electron chi connectivity index (χ3n) is 8.36. The molecular weight excluding hydrogens is 635 g/mol. The van der Waals surface area contributed by atoms with Gasteiger partial charge in [0.2, 0.25) is 17.4 Å². The molecule has 2 amide bonds. The van der Waals surface area contributed by atoms with Crippen LogP contribution in [0, 0.1) is 5.82 Å². The van der Waals surface area contributed by atoms with Crippen LogP contribution in [0.5, 0.6) is 5.75 Å². The van der Waals surface area contributed by atoms with Crippen molar-refractivity contribution in [2.24, 2.45) is 0 Å². The van der Waals surface area contributed by atoms with Gasteiger partial charge < -0.3 is 24.3 Å². The normalized spacial score (nSPS) is 17.9. The number of halogens is 1. The number of nitrogens with one attached hydrogen (secondary N) is 1. The molecule has 3 aromatic heterocycles. The van der Waals surface area contributed by atoms with Crippen LogP contribution in [0.25, 0.3) is 16.5 Å². The molecule has 0 bridgehead atoms. The van der Waals surface area contributed by atoms with Crippen LogP contribution >= 0.6 is 11.3 Å². The van der Waals surface area contributed by atoms with Gasteiger partial charge in [0.1, 0.15) is 24.0 Å². The molecule has 2 aliphatic rings. The predicted octanol–water partition coefficient (Wildman–Crippen LogP) is 4.46. The Labute approximate surface area is 280 Å². The van der Waals surface area contributed by atoms with Crippen LogP contribution < -0.4 is 15.6 Å². The van der Waals surface area contributed by atoms with E-state index in [9.17, 15) is 18.8 Å². The molecule has 5 aromatic rings. The molecule has 1 aliphatic heterocycles. The zero-order valence-corrected chi connectivity index (χ0v) is 27.4. The van der Waals surface area contributed by atoms with E-state index in [0.29, 0.717) is 30.1 Å². The second-order valence-corrected chi connectivity index (χ2v) is 13.5. The second kappa shape index (κ2) is 13.3. The van der Waals surface area contributed by atoms with E-state index < -0.39 is 11.4 Å². The smallest absolute Gasteiger partial charge is 0.302 e. The number of amides is 2. The lowest BCUT2D eigenvalue weighted by Gasteiger charge is -2.35. The van der Waals surface area contributed by atoms with Crippen molar-refractivity contribution >= 4 is 28.9 Å². The maximum atomic E-state index is 14.2. The van der Waals surface area contributed by atoms with Gasteiger partial charge in [-0.2, -0.15) is 0 Å². The second-order valence-electron chi connectivity index (χ2n) is 12.4. The lowest BCUT2D eigenvalue weighted by atomic mass is 10.0. The Balaban J connectivity index is 1.22. The van der Waals surface area contributed by atoms with E-state index in [1.165, 1.54) is 27.9 Å². The quantitative estimate of drug-likeness (QED) is 0.233. The number of hydrogen-bond donors (Lipinski definition) is 1. The summed E-state index contributed by atoms with van der Waals surface area (Å²) in [6.45, 7) is 4.97. The molecule has 11 nitrogen and oxygen atoms in total. The molecule has 1 saturated carbocycles. The van der Waals surface area contributed by atoms with Gasteiger partial charge in [-0.15, -0.1) is 11.3 Å². The number of morpholine rings is 1. The monoisotopic (exact) mass is 670 g/mol. The van der Waals surface area contributed by atoms with Crippen LogP contribution in [0.2, 0.25) is 0 Å². The SMILES string of the molecule is CC1CN(C(=O)Cn2ccn3c(=O)c(OCc4ccccc4)c(-c4ncc(Cc5ccc(F)cc5C(=O)NC5CC5)s4)nc23)CC(C)O1. The molecule has 1 N–H and O–H groups in total. The summed E-state index contributed by atoms with van der Waals surface area (Å²) in [5.74, 6) is -0.582. The molecule has 2 atom stereocenters. The molecule has 1 aliphatic carbocycles. The molecule has 13 heteroatoms. The number of nitrogens with zero attached hydrogens (tertiary/aromatic N) is 5. The maximum absolute atomic E-state index is 14.2. The van der Waals surface area contributed by atoms with E-state index in [0.717, 1.165) is 23.3 Å². The van der Waals surface area contributed by atoms with Crippen LogP contribution in [-0.2, 0) is 29.1 Å². The van der Waals surface area contributed by atoms with E-state index >= 15 is 0 Å². The first-order valence-corrected chi connectivity index (χ1v) is 16.8. The first-order chi connectivity index (χ1) is 23.2. The number of rotatable bonds is 10. The van der Waals surface area contributed by atoms with Crippen LogP contribution in [0.3, 0.4) is 0 Å². The van der Waals surface area contributed by atoms with Gasteiger partial charge in [0.25, 0.3) is 5.91 Å². The number of aromatic nitrogens is 4. The van der Waals surface area contributed by atoms with Gasteiger partial charge >= 0.3 is 5.56 Å². The van der Waals surface area contributed by atoms with Crippen LogP contribution in [-0.4, -0.2) is 67.0 Å². The van der Waals surface area contributed by atoms with Crippen molar-refractivity contribution in [2.75, 3.05) is 13.1 Å². The summed E-state index contributed by atoms with van der Waals surface area (Å²) in [7, 11) is 0. The van der Waals surface area contributed by atoms with Gasteiger partial charge in [-0.05, 0) is 49.9 Å². The highest BCUT2D eigenvalue weighted by molar-refractivity contribution is 7.15. The topological polar surface area (TPSA) is 120 Å². The Morgan fingerprint density at radius 2 is 1.85 bits per heavy atom. The largest absolute Gasteiger partial charge is 0.481 e. The Hall–Kier alpha value is -4.88. The zero-order chi connectivity index (χ0) is 33.4. The molecule has 1 saturated heterocycles. The van der Waals surface area contributed by atoms with Crippen LogP contribution in [0.4, 0.5) is 4.39 Å². The summed E-state index contributed by atoms with van der Waals surface area (Å²) in [4.78, 5) is 52.2. The Bertz CT molecular complexity index is 2030. The molecule has 2 fully saturated rings. The fourth-order valence-corrected chi connectivity index (χ4v) is 6.83. The number of imidazole rings is 1. The van der Waals surface area contributed by atoms with Gasteiger partial charge in [0.05, 0.1) is 12.2 Å². The minimum atomic E-state index is -0.484. The Kier molecular flexibility index (Phi) is 8.80. The fourth-order valence-electron chi connectivity index (χ4n) is 5.90. The van der Waals surface area contributed by atoms with E-state index in [4.69, 9.17) is 14.5 Å². The van der Waals surface area contributed by atoms with Crippen molar-refractivity contribution < 1.29 is 23.5 Å². The van der Waals surface area contributed by atoms with E-state index in [1.807, 2.05) is 44.2 Å². The first kappa shape index (κ1) is 31.7. The molecule has 48 heavy (non-hydrogen) atoms. The van der Waals surface area contributed by atoms with Crippen molar-refractivity contribution in [3.63, 3.8) is 0 Å². The average molecular weight is 671 g/mol. The van der Waals surface area contributed by atoms with E-state index in [1.54, 1.807) is 34.1 Å². The molecular formula is C35H35FN6O5S. The summed E-state index contributed by atoms with van der Waals surface area (Å²) in [6, 6.07) is 13.8. The molecule has 7 rings (SSSR count). The molecule has 2 aromatic carbocycles. The van der Waals surface area contributed by atoms with Gasteiger partial charge in [-0.1, -0.05) is 36.4 Å². The van der Waals surface area contributed by atoms with Gasteiger partial charge in [-0.25, -0.2) is 18.8 Å². The predicted molar refractivity (Wildman–Crippen MR) is 178 cm³/mol. The highest BCUT2D eigenvalue weighted by atomic mass is 32.1. The van der Waals surface area contributed by atoms with Gasteiger partial charge in [-0.3, -0.25) is 14.4 Å². The third kappa shape index (κ3) is 6.87. The van der Waals surface area contributed by atoms with E-state index in [2.05, 4.69) is 10.3 Å². The lowest BCUT2D eigenvalue weighted by molar-refractivity contribution is -0.143. The highest BCUT2D eigenvalue weighted by Crippen LogP contribution is 2.32. The standard InChI is InChI=1S/C35H35FN6O5S/c1-21-17-41(18-22(2)47-21)29(43)19-40-12-13-42-34(45)31(46-20-23-6-4-3-5-7-23)30(39-35(40)42)33-37-16-27(48-33)14-24-8-9-25(36)15-28(24)32(44)38-26-10-11-26/h3-9,12-13,15-16,21-22,26H,10-11,14,17-20H2,1-2H3,(H,38,44). The minimum Gasteiger partial charge on any atom is -0.481 e. The molecule has 2 unspecified atom stereocenters. The van der Waals surface area contributed by atoms with Crippen molar-refractivity contribution in [1.82, 2.24) is 29.2 Å². The summed E-state index contributed by atoms with van der Waals surface area (Å²) in [6.07, 6.45) is 6.93. The summed E-state index contributed by atoms with van der Waals surface area (Å²) in [5, 5.41) is 3.38. The number of carbonyl (C=O) groups excluding carboxylic acids is 2. The van der Waals surface area contributed by atoms with Crippen LogP contribution in [0.1, 0.15) is 53.1 Å². The number of ether oxygens (including phenoxy) is 2. The van der Waals surface area contributed by atoms with Crippen LogP contribution in [0.15, 0.2) is 71.9 Å². The Morgan fingerprint density at radius 1 is 1.08 bits per heavy atom. The lowest BCUT2D eigenvalue weighted by Crippen LogP contribution is -2.49. The maximum Gasteiger partial charge on any atom is 0.302 e. The number of carbonyl (C=O) groups is 2. The summed E-state index contributed by atoms with van der Waals surface area (Å²) < 4.78 is 29.1. The fraction of sp³-hybridized carbons (Fsp3) is 0.343. The Morgan fingerprint density at radius 3 is 2.60 bits per heavy atom. The molecule has 0 spiro atoms. The van der Waals surface area contributed by atoms with Crippen molar-refractivity contribution in [2.45, 2.75) is 64.5 Å². The first-order valence-electron chi connectivity index (χ1n) is 16.0. The molecule has 0 radical (unpaired) electrons. The number of benzene rings is 2. The van der Waals surface area contributed by atoms with Crippen molar-refractivity contribution in [3.05, 3.63) is 105 Å². The highest BCUT2D eigenvalue weighted by Gasteiger charge is 2.28. The zero-order valence-electron chi connectivity index (χ0n) is 26.6. The minimum absolute atomic E-state index is 0.00851. The van der Waals surface area contributed by atoms with E-state index in [-0.39, 0.29) is 66.0 Å². The van der Waals surface area contributed by atoms with Crippen molar-refractivity contribution in [1.29, 1.82) is 0 Å². The molecule has 248 valence electrons. The van der Waals surface area contributed by atoms with Gasteiger partial charge in [0, 0.05) is 54.6 Å². The molecule has 4 heterocycles. The summed E-state index contributed by atoms with van der Waals surface area (Å²) in [5.41, 5.74) is 1.64. The number of thiazole rings is 1. The number of fused-ring (bicyclic) bond motifs is 1. The average Bonchev–Trinajstić information content (AvgIpc) is 3.60.